The lowest BCUT2D eigenvalue weighted by Crippen LogP contribution is -2.43. The maximum absolute atomic E-state index is 11.7. The van der Waals surface area contributed by atoms with E-state index < -0.39 is 9.84 Å². The van der Waals surface area contributed by atoms with E-state index in [9.17, 15) is 13.2 Å². The topological polar surface area (TPSA) is 75.3 Å². The van der Waals surface area contributed by atoms with E-state index in [1.165, 1.54) is 11.3 Å². The predicted molar refractivity (Wildman–Crippen MR) is 84.9 cm³/mol. The number of thiophene rings is 1. The Morgan fingerprint density at radius 3 is 2.62 bits per heavy atom. The maximum Gasteiger partial charge on any atom is 0.316 e. The summed E-state index contributed by atoms with van der Waals surface area (Å²) in [6, 6.07) is 2.58. The Kier molecular flexibility index (Phi) is 6.24. The first-order valence-electron chi connectivity index (χ1n) is 6.62. The fourth-order valence-corrected chi connectivity index (χ4v) is 3.94. The highest BCUT2D eigenvalue weighted by Crippen LogP contribution is 2.22. The van der Waals surface area contributed by atoms with Crippen molar-refractivity contribution < 1.29 is 13.2 Å². The van der Waals surface area contributed by atoms with Crippen LogP contribution < -0.4 is 10.6 Å². The zero-order valence-electron chi connectivity index (χ0n) is 12.3. The van der Waals surface area contributed by atoms with Crippen molar-refractivity contribution in [2.75, 3.05) is 5.75 Å². The molecule has 1 heterocycles. The Hall–Kier alpha value is -1.52. The van der Waals surface area contributed by atoms with Gasteiger partial charge in [-0.05, 0) is 18.1 Å². The fraction of sp³-hybridized carbons (Fsp3) is 0.500. The summed E-state index contributed by atoms with van der Waals surface area (Å²) in [5.74, 6) is 2.72. The third-order valence-corrected chi connectivity index (χ3v) is 6.28. The van der Waals surface area contributed by atoms with Gasteiger partial charge < -0.3 is 10.6 Å². The molecule has 1 aromatic heterocycles. The minimum absolute atomic E-state index is 0.0686. The molecular weight excluding hydrogens is 308 g/mol. The Morgan fingerprint density at radius 2 is 2.10 bits per heavy atom. The third-order valence-electron chi connectivity index (χ3n) is 2.88. The van der Waals surface area contributed by atoms with Crippen molar-refractivity contribution in [1.29, 1.82) is 0 Å². The zero-order valence-corrected chi connectivity index (χ0v) is 14.0. The highest BCUT2D eigenvalue weighted by molar-refractivity contribution is 7.93. The number of nitrogens with one attached hydrogen (secondary N) is 2. The molecule has 1 unspecified atom stereocenters. The number of carbonyl (C=O) groups is 1. The molecule has 2 amide bonds. The molecule has 0 aliphatic rings. The van der Waals surface area contributed by atoms with E-state index >= 15 is 0 Å². The minimum atomic E-state index is -3.19. The van der Waals surface area contributed by atoms with Gasteiger partial charge in [0.25, 0.3) is 0 Å². The van der Waals surface area contributed by atoms with Crippen LogP contribution in [0.15, 0.2) is 16.3 Å². The van der Waals surface area contributed by atoms with Gasteiger partial charge in [0.2, 0.25) is 0 Å². The average molecular weight is 328 g/mol. The molecule has 1 aromatic rings. The van der Waals surface area contributed by atoms with Gasteiger partial charge in [-0.2, -0.15) is 0 Å². The molecule has 5 nitrogen and oxygen atoms in total. The summed E-state index contributed by atoms with van der Waals surface area (Å²) in [5, 5.41) is 5.36. The molecule has 1 atom stereocenters. The minimum Gasteiger partial charge on any atom is -0.333 e. The van der Waals surface area contributed by atoms with E-state index in [1.807, 2.05) is 13.8 Å². The van der Waals surface area contributed by atoms with E-state index in [2.05, 4.69) is 16.6 Å². The average Bonchev–Trinajstić information content (AvgIpc) is 2.91. The molecule has 0 bridgehead atoms. The van der Waals surface area contributed by atoms with Crippen LogP contribution in [0, 0.1) is 18.3 Å². The van der Waals surface area contributed by atoms with Gasteiger partial charge in [-0.15, -0.1) is 17.8 Å². The predicted octanol–water partition coefficient (Wildman–Crippen LogP) is 2.00. The highest BCUT2D eigenvalue weighted by Gasteiger charge is 2.16. The van der Waals surface area contributed by atoms with Crippen LogP contribution in [-0.2, 0) is 16.4 Å². The third kappa shape index (κ3) is 5.06. The van der Waals surface area contributed by atoms with Crippen LogP contribution in [0.2, 0.25) is 0 Å². The number of hydrogen-bond donors (Lipinski definition) is 2. The first-order chi connectivity index (χ1) is 9.80. The lowest BCUT2D eigenvalue weighted by Gasteiger charge is -2.16. The second-order valence-electron chi connectivity index (χ2n) is 4.84. The van der Waals surface area contributed by atoms with Crippen LogP contribution in [0.4, 0.5) is 4.79 Å². The van der Waals surface area contributed by atoms with Crippen molar-refractivity contribution in [1.82, 2.24) is 10.6 Å². The second-order valence-corrected chi connectivity index (χ2v) is 8.51. The smallest absolute Gasteiger partial charge is 0.316 e. The molecule has 0 saturated carbocycles. The van der Waals surface area contributed by atoms with Crippen LogP contribution in [0.1, 0.15) is 25.6 Å². The van der Waals surface area contributed by atoms with E-state index in [4.69, 9.17) is 6.42 Å². The van der Waals surface area contributed by atoms with Crippen LogP contribution >= 0.6 is 11.3 Å². The SMILES string of the molecule is C#CC(NC(=O)NCc1ccc(S(=O)(=O)CC)s1)C(C)C. The molecule has 0 radical (unpaired) electrons. The Labute approximate surface area is 130 Å². The van der Waals surface area contributed by atoms with Crippen LogP contribution in [0.25, 0.3) is 0 Å². The van der Waals surface area contributed by atoms with E-state index in [0.29, 0.717) is 4.21 Å². The van der Waals surface area contributed by atoms with Crippen molar-refractivity contribution in [2.24, 2.45) is 5.92 Å². The molecule has 116 valence electrons. The summed E-state index contributed by atoms with van der Waals surface area (Å²) < 4.78 is 23.7. The Balaban J connectivity index is 2.57. The van der Waals surface area contributed by atoms with Gasteiger partial charge in [-0.3, -0.25) is 0 Å². The van der Waals surface area contributed by atoms with E-state index in [0.717, 1.165) is 4.88 Å². The maximum atomic E-state index is 11.7. The second kappa shape index (κ2) is 7.48. The van der Waals surface area contributed by atoms with Crippen LogP contribution in [-0.4, -0.2) is 26.2 Å². The summed E-state index contributed by atoms with van der Waals surface area (Å²) in [7, 11) is -3.19. The number of terminal acetylenes is 1. The monoisotopic (exact) mass is 328 g/mol. The summed E-state index contributed by atoms with van der Waals surface area (Å²) in [5.41, 5.74) is 0. The largest absolute Gasteiger partial charge is 0.333 e. The molecular formula is C14H20N2O3S2. The van der Waals surface area contributed by atoms with Gasteiger partial charge in [0.1, 0.15) is 4.21 Å². The van der Waals surface area contributed by atoms with Gasteiger partial charge in [0.15, 0.2) is 9.84 Å². The van der Waals surface area contributed by atoms with Crippen molar-refractivity contribution in [3.63, 3.8) is 0 Å². The normalized spacial score (nSPS) is 12.7. The number of urea groups is 1. The highest BCUT2D eigenvalue weighted by atomic mass is 32.2. The van der Waals surface area contributed by atoms with Gasteiger partial charge in [0, 0.05) is 4.88 Å². The van der Waals surface area contributed by atoms with Crippen molar-refractivity contribution in [2.45, 2.75) is 37.6 Å². The molecule has 2 N–H and O–H groups in total. The van der Waals surface area contributed by atoms with E-state index in [1.54, 1.807) is 19.1 Å². The summed E-state index contributed by atoms with van der Waals surface area (Å²) in [6.07, 6.45) is 5.34. The lowest BCUT2D eigenvalue weighted by molar-refractivity contribution is 0.236. The molecule has 7 heteroatoms. The lowest BCUT2D eigenvalue weighted by atomic mass is 10.1. The number of sulfone groups is 1. The van der Waals surface area contributed by atoms with Gasteiger partial charge in [-0.25, -0.2) is 13.2 Å². The first kappa shape index (κ1) is 17.5. The molecule has 0 aliphatic heterocycles. The standard InChI is InChI=1S/C14H20N2O3S2/c1-5-12(10(3)4)16-14(17)15-9-11-7-8-13(20-11)21(18,19)6-2/h1,7-8,10,12H,6,9H2,2-4H3,(H2,15,16,17). The number of rotatable bonds is 6. The fourth-order valence-electron chi connectivity index (χ4n) is 1.52. The van der Waals surface area contributed by atoms with Crippen molar-refractivity contribution >= 4 is 27.2 Å². The Bertz CT molecular complexity index is 627. The molecule has 0 saturated heterocycles. The molecule has 1 rings (SSSR count). The van der Waals surface area contributed by atoms with Gasteiger partial charge in [-0.1, -0.05) is 26.7 Å². The molecule has 0 aliphatic carbocycles. The molecule has 0 fully saturated rings. The number of hydrogen-bond acceptors (Lipinski definition) is 4. The quantitative estimate of drug-likeness (QED) is 0.784. The summed E-state index contributed by atoms with van der Waals surface area (Å²) in [6.45, 7) is 5.72. The zero-order chi connectivity index (χ0) is 16.0. The van der Waals surface area contributed by atoms with Crippen LogP contribution in [0.5, 0.6) is 0 Å². The van der Waals surface area contributed by atoms with Gasteiger partial charge in [0.05, 0.1) is 18.3 Å². The molecule has 0 spiro atoms. The van der Waals surface area contributed by atoms with Crippen LogP contribution in [0.3, 0.4) is 0 Å². The number of carbonyl (C=O) groups excluding carboxylic acids is 1. The van der Waals surface area contributed by atoms with Crippen molar-refractivity contribution in [3.8, 4) is 12.3 Å². The van der Waals surface area contributed by atoms with Crippen molar-refractivity contribution in [3.05, 3.63) is 17.0 Å². The first-order valence-corrected chi connectivity index (χ1v) is 9.09. The molecule has 0 aromatic carbocycles. The number of amides is 2. The molecule has 21 heavy (non-hydrogen) atoms. The summed E-state index contributed by atoms with van der Waals surface area (Å²) in [4.78, 5) is 12.5. The summed E-state index contributed by atoms with van der Waals surface area (Å²) >= 11 is 1.17. The van der Waals surface area contributed by atoms with Gasteiger partial charge >= 0.3 is 6.03 Å². The van der Waals surface area contributed by atoms with E-state index in [-0.39, 0.29) is 30.3 Å². The Morgan fingerprint density at radius 1 is 1.43 bits per heavy atom.